The van der Waals surface area contributed by atoms with Crippen LogP contribution in [0.3, 0.4) is 0 Å². The third-order valence-corrected chi connectivity index (χ3v) is 2.91. The maximum Gasteiger partial charge on any atom is 0.417 e. The van der Waals surface area contributed by atoms with Gasteiger partial charge in [-0.3, -0.25) is 10.1 Å². The van der Waals surface area contributed by atoms with Gasteiger partial charge in [-0.15, -0.1) is 0 Å². The third kappa shape index (κ3) is 3.97. The largest absolute Gasteiger partial charge is 0.480 e. The number of aliphatic carboxylic acids is 1. The van der Waals surface area contributed by atoms with Crippen molar-refractivity contribution in [2.75, 3.05) is 0 Å². The number of furan rings is 1. The predicted molar refractivity (Wildman–Crippen MR) is 65.2 cm³/mol. The molecule has 1 rings (SSSR count). The van der Waals surface area contributed by atoms with E-state index in [0.717, 1.165) is 6.92 Å². The molecule has 2 unspecified atom stereocenters. The molecule has 0 aliphatic heterocycles. The molecular formula is C12H15F3N2O4. The van der Waals surface area contributed by atoms with E-state index in [1.54, 1.807) is 17.4 Å². The lowest BCUT2D eigenvalue weighted by atomic mass is 10.0. The van der Waals surface area contributed by atoms with Crippen LogP contribution in [0.2, 0.25) is 0 Å². The summed E-state index contributed by atoms with van der Waals surface area (Å²) in [6.07, 6.45) is -3.66. The highest BCUT2D eigenvalue weighted by Crippen LogP contribution is 2.30. The molecule has 0 aliphatic rings. The standard InChI is InChI=1S/C12H15F3N2O4/c1-7(9(18)16-6-8-4-3-5-21-8)17-11(2,10(19)20)12(13,14)15/h3-5,7,17H,6H2,1-2H3,(H,16,18)(H,19,20). The van der Waals surface area contributed by atoms with Crippen molar-refractivity contribution in [1.82, 2.24) is 10.6 Å². The van der Waals surface area contributed by atoms with Crippen molar-refractivity contribution in [3.8, 4) is 0 Å². The van der Waals surface area contributed by atoms with Crippen LogP contribution < -0.4 is 10.6 Å². The number of nitrogens with one attached hydrogen (secondary N) is 2. The summed E-state index contributed by atoms with van der Waals surface area (Å²) in [6.45, 7) is 1.60. The number of hydrogen-bond acceptors (Lipinski definition) is 4. The van der Waals surface area contributed by atoms with Crippen LogP contribution in [0.4, 0.5) is 13.2 Å². The number of rotatable bonds is 6. The summed E-state index contributed by atoms with van der Waals surface area (Å²) in [5.41, 5.74) is -3.21. The normalized spacial score (nSPS) is 16.0. The summed E-state index contributed by atoms with van der Waals surface area (Å²) in [5.74, 6) is -2.46. The van der Waals surface area contributed by atoms with Crippen molar-refractivity contribution in [2.24, 2.45) is 0 Å². The molecule has 6 nitrogen and oxygen atoms in total. The molecule has 21 heavy (non-hydrogen) atoms. The summed E-state index contributed by atoms with van der Waals surface area (Å²) >= 11 is 0. The topological polar surface area (TPSA) is 91.6 Å². The molecule has 118 valence electrons. The van der Waals surface area contributed by atoms with Gasteiger partial charge in [0.1, 0.15) is 5.76 Å². The van der Waals surface area contributed by atoms with E-state index in [-0.39, 0.29) is 6.54 Å². The Hall–Kier alpha value is -2.03. The van der Waals surface area contributed by atoms with Gasteiger partial charge in [-0.1, -0.05) is 0 Å². The molecule has 0 aromatic carbocycles. The van der Waals surface area contributed by atoms with Gasteiger partial charge in [0.05, 0.1) is 18.8 Å². The van der Waals surface area contributed by atoms with Gasteiger partial charge >= 0.3 is 12.1 Å². The fraction of sp³-hybridized carbons (Fsp3) is 0.500. The van der Waals surface area contributed by atoms with Crippen molar-refractivity contribution in [3.05, 3.63) is 24.2 Å². The van der Waals surface area contributed by atoms with Crippen molar-refractivity contribution >= 4 is 11.9 Å². The molecule has 0 spiro atoms. The van der Waals surface area contributed by atoms with Gasteiger partial charge in [0.25, 0.3) is 0 Å². The minimum absolute atomic E-state index is 0.00629. The Morgan fingerprint density at radius 3 is 2.48 bits per heavy atom. The molecule has 0 bridgehead atoms. The van der Waals surface area contributed by atoms with E-state index in [2.05, 4.69) is 5.32 Å². The summed E-state index contributed by atoms with van der Waals surface area (Å²) in [7, 11) is 0. The van der Waals surface area contributed by atoms with Crippen molar-refractivity contribution in [1.29, 1.82) is 0 Å². The summed E-state index contributed by atoms with van der Waals surface area (Å²) < 4.78 is 43.3. The average molecular weight is 308 g/mol. The molecule has 2 atom stereocenters. The average Bonchev–Trinajstić information content (AvgIpc) is 2.87. The summed E-state index contributed by atoms with van der Waals surface area (Å²) in [6, 6.07) is 1.81. The van der Waals surface area contributed by atoms with Crippen LogP contribution in [0.1, 0.15) is 19.6 Å². The van der Waals surface area contributed by atoms with E-state index in [4.69, 9.17) is 9.52 Å². The van der Waals surface area contributed by atoms with E-state index in [1.807, 2.05) is 0 Å². The Bertz CT molecular complexity index is 501. The highest BCUT2D eigenvalue weighted by Gasteiger charge is 2.58. The lowest BCUT2D eigenvalue weighted by molar-refractivity contribution is -0.207. The predicted octanol–water partition coefficient (Wildman–Crippen LogP) is 1.28. The fourth-order valence-electron chi connectivity index (χ4n) is 1.50. The van der Waals surface area contributed by atoms with E-state index in [9.17, 15) is 22.8 Å². The minimum atomic E-state index is -5.05. The van der Waals surface area contributed by atoms with E-state index in [1.165, 1.54) is 6.26 Å². The molecule has 3 N–H and O–H groups in total. The molecule has 1 heterocycles. The van der Waals surface area contributed by atoms with Gasteiger partial charge in [0, 0.05) is 0 Å². The first kappa shape index (κ1) is 17.0. The van der Waals surface area contributed by atoms with Crippen molar-refractivity contribution in [3.63, 3.8) is 0 Å². The third-order valence-electron chi connectivity index (χ3n) is 2.91. The molecular weight excluding hydrogens is 293 g/mol. The molecule has 1 aromatic rings. The summed E-state index contributed by atoms with van der Waals surface area (Å²) in [5, 5.41) is 12.9. The van der Waals surface area contributed by atoms with Crippen LogP contribution in [0.5, 0.6) is 0 Å². The SMILES string of the molecule is CC(NC(C)(C(=O)O)C(F)(F)F)C(=O)NCc1ccco1. The number of carboxylic acid groups (broad SMARTS) is 1. The first-order valence-electron chi connectivity index (χ1n) is 5.96. The Morgan fingerprint density at radius 2 is 2.05 bits per heavy atom. The zero-order chi connectivity index (χ0) is 16.3. The number of alkyl halides is 3. The second-order valence-corrected chi connectivity index (χ2v) is 4.59. The maximum atomic E-state index is 12.8. The number of hydrogen-bond donors (Lipinski definition) is 3. The Labute approximate surface area is 118 Å². The highest BCUT2D eigenvalue weighted by molar-refractivity contribution is 5.84. The second kappa shape index (κ2) is 6.17. The monoisotopic (exact) mass is 308 g/mol. The number of halogens is 3. The van der Waals surface area contributed by atoms with Gasteiger partial charge < -0.3 is 14.8 Å². The Balaban J connectivity index is 2.67. The van der Waals surface area contributed by atoms with Gasteiger partial charge in [-0.25, -0.2) is 4.79 Å². The maximum absolute atomic E-state index is 12.8. The van der Waals surface area contributed by atoms with E-state index < -0.39 is 29.6 Å². The lowest BCUT2D eigenvalue weighted by Gasteiger charge is -2.31. The number of carboxylic acids is 1. The van der Waals surface area contributed by atoms with E-state index >= 15 is 0 Å². The van der Waals surface area contributed by atoms with Gasteiger partial charge in [-0.05, 0) is 26.0 Å². The first-order chi connectivity index (χ1) is 9.58. The van der Waals surface area contributed by atoms with Crippen molar-refractivity contribution < 1.29 is 32.3 Å². The van der Waals surface area contributed by atoms with Crippen LogP contribution in [-0.4, -0.2) is 34.7 Å². The smallest absolute Gasteiger partial charge is 0.417 e. The number of amides is 1. The molecule has 1 amide bonds. The molecule has 0 saturated heterocycles. The van der Waals surface area contributed by atoms with Crippen LogP contribution in [0, 0.1) is 0 Å². The minimum Gasteiger partial charge on any atom is -0.480 e. The molecule has 0 aliphatic carbocycles. The van der Waals surface area contributed by atoms with Gasteiger partial charge in [0.2, 0.25) is 11.4 Å². The molecule has 9 heteroatoms. The van der Waals surface area contributed by atoms with Crippen LogP contribution >= 0.6 is 0 Å². The van der Waals surface area contributed by atoms with Crippen molar-refractivity contribution in [2.45, 2.75) is 38.1 Å². The molecule has 0 radical (unpaired) electrons. The zero-order valence-electron chi connectivity index (χ0n) is 11.3. The Morgan fingerprint density at radius 1 is 1.43 bits per heavy atom. The Kier molecular flexibility index (Phi) is 5.00. The van der Waals surface area contributed by atoms with E-state index in [0.29, 0.717) is 12.7 Å². The highest BCUT2D eigenvalue weighted by atomic mass is 19.4. The number of carbonyl (C=O) groups excluding carboxylic acids is 1. The van der Waals surface area contributed by atoms with Crippen LogP contribution in [0.15, 0.2) is 22.8 Å². The fourth-order valence-corrected chi connectivity index (χ4v) is 1.50. The quantitative estimate of drug-likeness (QED) is 0.736. The number of carbonyl (C=O) groups is 2. The molecule has 0 saturated carbocycles. The molecule has 0 fully saturated rings. The lowest BCUT2D eigenvalue weighted by Crippen LogP contribution is -2.64. The van der Waals surface area contributed by atoms with Gasteiger partial charge in [-0.2, -0.15) is 13.2 Å². The zero-order valence-corrected chi connectivity index (χ0v) is 11.3. The second-order valence-electron chi connectivity index (χ2n) is 4.59. The molecule has 1 aromatic heterocycles. The van der Waals surface area contributed by atoms with Gasteiger partial charge in [0.15, 0.2) is 0 Å². The van der Waals surface area contributed by atoms with Crippen LogP contribution in [-0.2, 0) is 16.1 Å². The summed E-state index contributed by atoms with van der Waals surface area (Å²) in [4.78, 5) is 22.5. The first-order valence-corrected chi connectivity index (χ1v) is 5.96. The van der Waals surface area contributed by atoms with Crippen LogP contribution in [0.25, 0.3) is 0 Å².